The molecule has 2 N–H and O–H groups in total. The molecule has 0 spiro atoms. The first-order valence-corrected chi connectivity index (χ1v) is 15.8. The molecule has 2 aliphatic heterocycles. The zero-order valence-corrected chi connectivity index (χ0v) is 27.0. The van der Waals surface area contributed by atoms with Crippen LogP contribution in [0.2, 0.25) is 0 Å². The van der Waals surface area contributed by atoms with Crippen LogP contribution in [0.4, 0.5) is 20.3 Å². The largest absolute Gasteiger partial charge is 0.382 e. The third kappa shape index (κ3) is 4.60. The fourth-order valence-corrected chi connectivity index (χ4v) is 7.27. The van der Waals surface area contributed by atoms with Crippen molar-refractivity contribution in [2.24, 2.45) is 0 Å². The van der Waals surface area contributed by atoms with Gasteiger partial charge in [-0.05, 0) is 62.4 Å². The van der Waals surface area contributed by atoms with Gasteiger partial charge in [-0.1, -0.05) is 26.5 Å². The van der Waals surface area contributed by atoms with Gasteiger partial charge >= 0.3 is 5.69 Å². The molecule has 2 atom stereocenters. The third-order valence-electron chi connectivity index (χ3n) is 9.55. The van der Waals surface area contributed by atoms with Crippen molar-refractivity contribution >= 4 is 39.2 Å². The number of benzene rings is 2. The average molecular weight is 639 g/mol. The van der Waals surface area contributed by atoms with Crippen molar-refractivity contribution in [1.29, 1.82) is 0 Å². The number of aromatic amines is 1. The summed E-state index contributed by atoms with van der Waals surface area (Å²) >= 11 is 0. The lowest BCUT2D eigenvalue weighted by atomic mass is 9.92. The number of aromatic nitrogens is 5. The van der Waals surface area contributed by atoms with E-state index in [1.165, 1.54) is 10.6 Å². The van der Waals surface area contributed by atoms with Crippen LogP contribution in [0.1, 0.15) is 49.9 Å². The van der Waals surface area contributed by atoms with Gasteiger partial charge in [0.15, 0.2) is 11.6 Å². The lowest BCUT2D eigenvalue weighted by Crippen LogP contribution is -2.60. The Kier molecular flexibility index (Phi) is 7.33. The summed E-state index contributed by atoms with van der Waals surface area (Å²) in [6, 6.07) is 4.84. The molecule has 1 fully saturated rings. The number of halogens is 2. The molecule has 12 heteroatoms. The van der Waals surface area contributed by atoms with Crippen molar-refractivity contribution in [2.45, 2.75) is 59.0 Å². The summed E-state index contributed by atoms with van der Waals surface area (Å²) in [7, 11) is 0. The van der Waals surface area contributed by atoms with Crippen molar-refractivity contribution in [1.82, 2.24) is 29.6 Å². The van der Waals surface area contributed by atoms with Crippen LogP contribution in [0.5, 0.6) is 0 Å². The minimum Gasteiger partial charge on any atom is -0.382 e. The summed E-state index contributed by atoms with van der Waals surface area (Å²) in [6.45, 7) is 14.1. The van der Waals surface area contributed by atoms with E-state index in [-0.39, 0.29) is 51.9 Å². The number of H-pyrrole nitrogens is 1. The van der Waals surface area contributed by atoms with E-state index >= 15 is 8.78 Å². The molecule has 0 saturated carbocycles. The number of anilines is 2. The highest BCUT2D eigenvalue weighted by atomic mass is 19.1. The first kappa shape index (κ1) is 30.5. The van der Waals surface area contributed by atoms with Crippen molar-refractivity contribution in [3.8, 4) is 16.8 Å². The van der Waals surface area contributed by atoms with Crippen molar-refractivity contribution < 1.29 is 13.6 Å². The highest BCUT2D eigenvalue weighted by Gasteiger charge is 2.39. The van der Waals surface area contributed by atoms with Crippen molar-refractivity contribution in [3.05, 3.63) is 82.2 Å². The van der Waals surface area contributed by atoms with E-state index in [1.54, 1.807) is 36.4 Å². The number of carbonyl (C=O) groups is 1. The Balaban J connectivity index is 1.64. The van der Waals surface area contributed by atoms with Crippen LogP contribution in [0.3, 0.4) is 0 Å². The Hall–Kier alpha value is -5.13. The fourth-order valence-electron chi connectivity index (χ4n) is 7.27. The molecular formula is C35H36F2N8O2. The highest BCUT2D eigenvalue weighted by molar-refractivity contribution is 6.07. The van der Waals surface area contributed by atoms with Gasteiger partial charge in [-0.2, -0.15) is 10.1 Å². The van der Waals surface area contributed by atoms with Gasteiger partial charge in [0.25, 0.3) is 0 Å². The van der Waals surface area contributed by atoms with E-state index in [9.17, 15) is 9.59 Å². The van der Waals surface area contributed by atoms with E-state index in [4.69, 9.17) is 0 Å². The Morgan fingerprint density at radius 2 is 1.89 bits per heavy atom. The molecule has 1 saturated heterocycles. The van der Waals surface area contributed by atoms with E-state index < -0.39 is 17.3 Å². The molecule has 3 aromatic heterocycles. The highest BCUT2D eigenvalue weighted by Crippen LogP contribution is 2.46. The molecule has 5 aromatic rings. The molecule has 2 aromatic carbocycles. The smallest absolute Gasteiger partial charge is 0.354 e. The third-order valence-corrected chi connectivity index (χ3v) is 9.55. The maximum atomic E-state index is 17.7. The van der Waals surface area contributed by atoms with Gasteiger partial charge in [-0.15, -0.1) is 0 Å². The summed E-state index contributed by atoms with van der Waals surface area (Å²) < 4.78 is 36.2. The molecule has 1 amide bonds. The Bertz CT molecular complexity index is 2170. The van der Waals surface area contributed by atoms with Crippen LogP contribution in [-0.4, -0.2) is 67.3 Å². The van der Waals surface area contributed by atoms with Crippen LogP contribution >= 0.6 is 0 Å². The molecule has 2 unspecified atom stereocenters. The van der Waals surface area contributed by atoms with Gasteiger partial charge in [0.05, 0.1) is 39.7 Å². The summed E-state index contributed by atoms with van der Waals surface area (Å²) in [5.41, 5.74) is 2.34. The number of piperazine rings is 1. The Labute approximate surface area is 270 Å². The maximum Gasteiger partial charge on any atom is 0.354 e. The molecule has 242 valence electrons. The minimum absolute atomic E-state index is 0.0656. The predicted octanol–water partition coefficient (Wildman–Crippen LogP) is 5.75. The maximum absolute atomic E-state index is 17.7. The summed E-state index contributed by atoms with van der Waals surface area (Å²) in [4.78, 5) is 40.0. The van der Waals surface area contributed by atoms with Crippen LogP contribution in [0.25, 0.3) is 38.6 Å². The fraction of sp³-hybridized carbons (Fsp3) is 0.343. The van der Waals surface area contributed by atoms with Crippen LogP contribution < -0.4 is 15.9 Å². The second-order valence-electron chi connectivity index (χ2n) is 12.8. The molecule has 2 aliphatic rings. The molecule has 0 radical (unpaired) electrons. The van der Waals surface area contributed by atoms with E-state index in [2.05, 4.69) is 32.1 Å². The molecule has 10 nitrogen and oxygen atoms in total. The number of fused-ring (bicyclic) bond motifs is 3. The first-order chi connectivity index (χ1) is 22.5. The van der Waals surface area contributed by atoms with Gasteiger partial charge in [-0.25, -0.2) is 13.6 Å². The number of nitrogens with zero attached hydrogens (tertiary/aromatic N) is 6. The topological polar surface area (TPSA) is 112 Å². The zero-order chi connectivity index (χ0) is 33.3. The number of aryl methyl sites for hydroxylation is 2. The number of nitrogens with one attached hydrogen (secondary N) is 2. The van der Waals surface area contributed by atoms with E-state index in [1.807, 2.05) is 38.7 Å². The van der Waals surface area contributed by atoms with Crippen molar-refractivity contribution in [2.75, 3.05) is 29.9 Å². The molecule has 7 rings (SSSR count). The summed E-state index contributed by atoms with van der Waals surface area (Å²) in [5, 5.41) is 11.0. The summed E-state index contributed by atoms with van der Waals surface area (Å²) in [5.74, 6) is -1.79. The SMILES string of the molecule is C=CC(=O)N1CC2CCNc3c(F)c(-c4c(C)ccc5[nH]ncc45)c(F)c4c3c(nc(=O)n4-c3c(C)ccnc3C(C)C)N2CC1C. The lowest BCUT2D eigenvalue weighted by Gasteiger charge is -2.46. The Morgan fingerprint density at radius 1 is 1.11 bits per heavy atom. The number of carbonyl (C=O) groups excluding carboxylic acids is 1. The zero-order valence-electron chi connectivity index (χ0n) is 27.0. The average Bonchev–Trinajstić information content (AvgIpc) is 3.52. The monoisotopic (exact) mass is 638 g/mol. The van der Waals surface area contributed by atoms with Crippen LogP contribution in [0, 0.1) is 25.5 Å². The number of hydrogen-bond acceptors (Lipinski definition) is 7. The van der Waals surface area contributed by atoms with Gasteiger partial charge in [0.2, 0.25) is 5.91 Å². The van der Waals surface area contributed by atoms with Crippen molar-refractivity contribution in [3.63, 3.8) is 0 Å². The number of rotatable bonds is 4. The van der Waals surface area contributed by atoms with Gasteiger partial charge in [0, 0.05) is 48.9 Å². The number of amides is 1. The minimum atomic E-state index is -0.885. The molecular weight excluding hydrogens is 602 g/mol. The molecule has 0 aliphatic carbocycles. The standard InChI is InChI=1S/C35H36F2N8O2/c1-7-24(46)43-16-21-11-13-39-31-27-33(29(37)26(28(31)36)25-18(4)8-9-23-22(25)14-40-42-23)45(32-19(5)10-12-38-30(32)17(2)3)35(47)41-34(27)44(21)15-20(43)6/h7-10,12,14,17,20-21,39H,1,11,13,15-16H2,2-6H3,(H,40,42). The Morgan fingerprint density at radius 3 is 2.64 bits per heavy atom. The number of pyridine rings is 1. The second-order valence-corrected chi connectivity index (χ2v) is 12.8. The van der Waals surface area contributed by atoms with E-state index in [0.29, 0.717) is 65.0 Å². The summed E-state index contributed by atoms with van der Waals surface area (Å²) in [6.07, 6.45) is 5.02. The quantitative estimate of drug-likeness (QED) is 0.241. The van der Waals surface area contributed by atoms with Gasteiger partial charge in [-0.3, -0.25) is 19.4 Å². The number of hydrogen-bond donors (Lipinski definition) is 2. The van der Waals surface area contributed by atoms with E-state index in [0.717, 1.165) is 0 Å². The van der Waals surface area contributed by atoms with Gasteiger partial charge < -0.3 is 15.1 Å². The normalized spacial score (nSPS) is 17.9. The van der Waals surface area contributed by atoms with Gasteiger partial charge in [0.1, 0.15) is 11.3 Å². The first-order valence-electron chi connectivity index (χ1n) is 15.8. The van der Waals surface area contributed by atoms with Crippen LogP contribution in [-0.2, 0) is 4.79 Å². The predicted molar refractivity (Wildman–Crippen MR) is 179 cm³/mol. The molecule has 0 bridgehead atoms. The van der Waals surface area contributed by atoms with Crippen LogP contribution in [0.15, 0.2) is 48.0 Å². The molecule has 5 heterocycles. The lowest BCUT2D eigenvalue weighted by molar-refractivity contribution is -0.128. The molecule has 47 heavy (non-hydrogen) atoms. The second kappa shape index (κ2) is 11.3.